The molecule has 2 aromatic heterocycles. The van der Waals surface area contributed by atoms with Gasteiger partial charge in [0, 0.05) is 25.2 Å². The lowest BCUT2D eigenvalue weighted by atomic mass is 10.0. The minimum absolute atomic E-state index is 0.0890. The highest BCUT2D eigenvalue weighted by Crippen LogP contribution is 2.32. The first-order valence-electron chi connectivity index (χ1n) is 9.65. The Balaban J connectivity index is 1.42. The van der Waals surface area contributed by atoms with E-state index < -0.39 is 6.04 Å². The molecule has 29 heavy (non-hydrogen) atoms. The summed E-state index contributed by atoms with van der Waals surface area (Å²) < 4.78 is 19.3. The van der Waals surface area contributed by atoms with Gasteiger partial charge in [0.1, 0.15) is 17.6 Å². The number of nitrogens with zero attached hydrogens (tertiary/aromatic N) is 4. The zero-order valence-electron chi connectivity index (χ0n) is 15.9. The highest BCUT2D eigenvalue weighted by molar-refractivity contribution is 5.77. The summed E-state index contributed by atoms with van der Waals surface area (Å²) in [4.78, 5) is 23.2. The first-order chi connectivity index (χ1) is 14.1. The van der Waals surface area contributed by atoms with Crippen LogP contribution in [0.3, 0.4) is 0 Å². The van der Waals surface area contributed by atoms with E-state index in [0.29, 0.717) is 35.9 Å². The highest BCUT2D eigenvalue weighted by Gasteiger charge is 2.34. The summed E-state index contributed by atoms with van der Waals surface area (Å²) in [6.07, 6.45) is 3.69. The van der Waals surface area contributed by atoms with Gasteiger partial charge >= 0.3 is 0 Å². The number of nitrogens with two attached hydrogens (primary N) is 1. The SMILES string of the molecule is N[C@@H](CC(=O)N1CCC[C@H]1c1nc(-c2ccccn2)no1)Cc1ccccc1F. The van der Waals surface area contributed by atoms with Crippen LogP contribution in [0.25, 0.3) is 11.5 Å². The average molecular weight is 395 g/mol. The number of carbonyl (C=O) groups is 1. The van der Waals surface area contributed by atoms with Crippen molar-refractivity contribution in [2.24, 2.45) is 5.73 Å². The maximum absolute atomic E-state index is 13.8. The van der Waals surface area contributed by atoms with Gasteiger partial charge in [-0.1, -0.05) is 29.4 Å². The topological polar surface area (TPSA) is 98.1 Å². The van der Waals surface area contributed by atoms with Crippen molar-refractivity contribution in [3.63, 3.8) is 0 Å². The molecule has 7 nitrogen and oxygen atoms in total. The van der Waals surface area contributed by atoms with Crippen LogP contribution in [0, 0.1) is 5.82 Å². The van der Waals surface area contributed by atoms with E-state index in [4.69, 9.17) is 10.3 Å². The first kappa shape index (κ1) is 19.2. The molecule has 0 aliphatic carbocycles. The van der Waals surface area contributed by atoms with Gasteiger partial charge < -0.3 is 15.2 Å². The van der Waals surface area contributed by atoms with Gasteiger partial charge in [-0.25, -0.2) is 4.39 Å². The van der Waals surface area contributed by atoms with E-state index in [-0.39, 0.29) is 24.2 Å². The number of halogens is 1. The van der Waals surface area contributed by atoms with Crippen molar-refractivity contribution in [3.05, 3.63) is 65.9 Å². The van der Waals surface area contributed by atoms with Crippen molar-refractivity contribution >= 4 is 5.91 Å². The van der Waals surface area contributed by atoms with Crippen molar-refractivity contribution in [2.75, 3.05) is 6.54 Å². The van der Waals surface area contributed by atoms with Crippen LogP contribution in [0.4, 0.5) is 4.39 Å². The van der Waals surface area contributed by atoms with Crippen LogP contribution in [0.5, 0.6) is 0 Å². The van der Waals surface area contributed by atoms with E-state index in [9.17, 15) is 9.18 Å². The van der Waals surface area contributed by atoms with Crippen LogP contribution >= 0.6 is 0 Å². The Bertz CT molecular complexity index is 978. The largest absolute Gasteiger partial charge is 0.337 e. The Labute approximate surface area is 167 Å². The lowest BCUT2D eigenvalue weighted by Crippen LogP contribution is -2.36. The Morgan fingerprint density at radius 3 is 2.90 bits per heavy atom. The van der Waals surface area contributed by atoms with Crippen LogP contribution in [-0.4, -0.2) is 38.5 Å². The summed E-state index contributed by atoms with van der Waals surface area (Å²) in [5, 5.41) is 4.00. The average Bonchev–Trinajstić information content (AvgIpc) is 3.40. The third-order valence-corrected chi connectivity index (χ3v) is 5.07. The van der Waals surface area contributed by atoms with Crippen molar-refractivity contribution in [2.45, 2.75) is 37.8 Å². The third kappa shape index (κ3) is 4.32. The van der Waals surface area contributed by atoms with Crippen molar-refractivity contribution in [3.8, 4) is 11.5 Å². The minimum Gasteiger partial charge on any atom is -0.337 e. The van der Waals surface area contributed by atoms with E-state index >= 15 is 0 Å². The zero-order chi connectivity index (χ0) is 20.2. The molecule has 0 saturated carbocycles. The molecule has 1 aromatic carbocycles. The maximum atomic E-state index is 13.8. The molecule has 2 atom stereocenters. The number of amides is 1. The quantitative estimate of drug-likeness (QED) is 0.689. The summed E-state index contributed by atoms with van der Waals surface area (Å²) >= 11 is 0. The number of benzene rings is 1. The fourth-order valence-electron chi connectivity index (χ4n) is 3.65. The van der Waals surface area contributed by atoms with Crippen molar-refractivity contribution in [1.82, 2.24) is 20.0 Å². The molecule has 4 rings (SSSR count). The van der Waals surface area contributed by atoms with E-state index in [1.165, 1.54) is 6.07 Å². The third-order valence-electron chi connectivity index (χ3n) is 5.07. The highest BCUT2D eigenvalue weighted by atomic mass is 19.1. The van der Waals surface area contributed by atoms with E-state index in [2.05, 4.69) is 15.1 Å². The lowest BCUT2D eigenvalue weighted by Gasteiger charge is -2.23. The number of hydrogen-bond acceptors (Lipinski definition) is 6. The summed E-state index contributed by atoms with van der Waals surface area (Å²) in [6, 6.07) is 11.2. The van der Waals surface area contributed by atoms with Crippen LogP contribution in [-0.2, 0) is 11.2 Å². The van der Waals surface area contributed by atoms with Gasteiger partial charge in [0.05, 0.1) is 0 Å². The van der Waals surface area contributed by atoms with Crippen LogP contribution in [0.2, 0.25) is 0 Å². The van der Waals surface area contributed by atoms with Gasteiger partial charge in [-0.15, -0.1) is 0 Å². The molecular formula is C21H22FN5O2. The molecule has 0 bridgehead atoms. The van der Waals surface area contributed by atoms with Gasteiger partial charge in [-0.05, 0) is 43.0 Å². The fraction of sp³-hybridized carbons (Fsp3) is 0.333. The lowest BCUT2D eigenvalue weighted by molar-refractivity contribution is -0.132. The number of aromatic nitrogens is 3. The predicted molar refractivity (Wildman–Crippen MR) is 104 cm³/mol. The zero-order valence-corrected chi connectivity index (χ0v) is 15.9. The number of likely N-dealkylation sites (tertiary alicyclic amines) is 1. The van der Waals surface area contributed by atoms with Gasteiger partial charge in [0.15, 0.2) is 0 Å². The standard InChI is InChI=1S/C21H22FN5O2/c22-16-7-2-1-6-14(16)12-15(23)13-19(28)27-11-5-9-18(27)21-25-20(26-29-21)17-8-3-4-10-24-17/h1-4,6-8,10,15,18H,5,9,11-13,23H2/t15-,18+/m1/s1. The normalized spacial score (nSPS) is 17.4. The number of carbonyl (C=O) groups excluding carboxylic acids is 1. The second-order valence-electron chi connectivity index (χ2n) is 7.18. The molecule has 1 fully saturated rings. The van der Waals surface area contributed by atoms with Crippen LogP contribution < -0.4 is 5.73 Å². The summed E-state index contributed by atoms with van der Waals surface area (Å²) in [7, 11) is 0. The molecule has 1 saturated heterocycles. The Morgan fingerprint density at radius 1 is 1.28 bits per heavy atom. The molecule has 0 spiro atoms. The van der Waals surface area contributed by atoms with Gasteiger partial charge in [-0.2, -0.15) is 4.98 Å². The molecule has 150 valence electrons. The van der Waals surface area contributed by atoms with Gasteiger partial charge in [0.25, 0.3) is 0 Å². The molecule has 1 aliphatic rings. The van der Waals surface area contributed by atoms with Gasteiger partial charge in [-0.3, -0.25) is 9.78 Å². The summed E-state index contributed by atoms with van der Waals surface area (Å²) in [6.45, 7) is 0.608. The molecule has 3 heterocycles. The Kier molecular flexibility index (Phi) is 5.62. The number of pyridine rings is 1. The molecule has 1 amide bonds. The van der Waals surface area contributed by atoms with Crippen LogP contribution in [0.1, 0.15) is 36.8 Å². The summed E-state index contributed by atoms with van der Waals surface area (Å²) in [5.74, 6) is 0.409. The first-order valence-corrected chi connectivity index (χ1v) is 9.65. The molecule has 3 aromatic rings. The molecule has 1 aliphatic heterocycles. The Hall–Kier alpha value is -3.13. The maximum Gasteiger partial charge on any atom is 0.249 e. The molecule has 0 radical (unpaired) electrons. The van der Waals surface area contributed by atoms with Crippen molar-refractivity contribution < 1.29 is 13.7 Å². The number of rotatable bonds is 6. The molecular weight excluding hydrogens is 373 g/mol. The Morgan fingerprint density at radius 2 is 2.10 bits per heavy atom. The van der Waals surface area contributed by atoms with E-state index in [0.717, 1.165) is 12.8 Å². The fourth-order valence-corrected chi connectivity index (χ4v) is 3.65. The molecule has 8 heteroatoms. The van der Waals surface area contributed by atoms with E-state index in [1.807, 2.05) is 12.1 Å². The minimum atomic E-state index is -0.465. The monoisotopic (exact) mass is 395 g/mol. The predicted octanol–water partition coefficient (Wildman–Crippen LogP) is 2.89. The van der Waals surface area contributed by atoms with Crippen LogP contribution in [0.15, 0.2) is 53.2 Å². The molecule has 2 N–H and O–H groups in total. The van der Waals surface area contributed by atoms with Gasteiger partial charge in [0.2, 0.25) is 17.6 Å². The van der Waals surface area contributed by atoms with Crippen molar-refractivity contribution in [1.29, 1.82) is 0 Å². The second-order valence-corrected chi connectivity index (χ2v) is 7.18. The smallest absolute Gasteiger partial charge is 0.249 e. The molecule has 0 unspecified atom stereocenters. The second kappa shape index (κ2) is 8.48. The van der Waals surface area contributed by atoms with E-state index in [1.54, 1.807) is 35.4 Å². The number of hydrogen-bond donors (Lipinski definition) is 1. The summed E-state index contributed by atoms with van der Waals surface area (Å²) in [5.41, 5.74) is 7.27.